The lowest BCUT2D eigenvalue weighted by atomic mass is 9.65. The third-order valence-corrected chi connectivity index (χ3v) is 8.24. The van der Waals surface area contributed by atoms with E-state index in [4.69, 9.17) is 9.47 Å². The van der Waals surface area contributed by atoms with E-state index in [1.165, 1.54) is 19.3 Å². The molecule has 2 aliphatic heterocycles. The van der Waals surface area contributed by atoms with Crippen molar-refractivity contribution >= 4 is 11.7 Å². The van der Waals surface area contributed by atoms with Crippen LogP contribution >= 0.6 is 0 Å². The number of hydrogen-bond acceptors (Lipinski definition) is 5. The molecule has 1 saturated heterocycles. The fourth-order valence-corrected chi connectivity index (χ4v) is 6.22. The number of carboxylic acid groups (broad SMARTS) is 1. The van der Waals surface area contributed by atoms with Crippen LogP contribution in [0.2, 0.25) is 0 Å². The van der Waals surface area contributed by atoms with Crippen molar-refractivity contribution in [1.82, 2.24) is 5.32 Å². The SMILES string of the molecule is C=C1N[C@H](C(=O)O)Cc2ccc(O[C@H](C)[C@@H]([O-])[C@H](C)[C@@H]3CCC[C@@H]4CCC(C)OCC43)cc21. The summed E-state index contributed by atoms with van der Waals surface area (Å²) in [7, 11) is 0. The van der Waals surface area contributed by atoms with E-state index >= 15 is 0 Å². The van der Waals surface area contributed by atoms with E-state index in [2.05, 4.69) is 25.7 Å². The highest BCUT2D eigenvalue weighted by molar-refractivity contribution is 5.80. The van der Waals surface area contributed by atoms with Crippen LogP contribution in [0.4, 0.5) is 0 Å². The molecule has 3 aliphatic rings. The van der Waals surface area contributed by atoms with Gasteiger partial charge in [0.2, 0.25) is 0 Å². The van der Waals surface area contributed by atoms with Crippen LogP contribution in [0.15, 0.2) is 24.8 Å². The fourth-order valence-electron chi connectivity index (χ4n) is 6.22. The zero-order valence-corrected chi connectivity index (χ0v) is 20.1. The Balaban J connectivity index is 1.42. The number of hydrogen-bond donors (Lipinski definition) is 2. The molecule has 2 fully saturated rings. The minimum absolute atomic E-state index is 0.00962. The minimum atomic E-state index is -0.891. The van der Waals surface area contributed by atoms with Crippen LogP contribution in [-0.4, -0.2) is 42.0 Å². The van der Waals surface area contributed by atoms with Crippen molar-refractivity contribution in [3.63, 3.8) is 0 Å². The topological polar surface area (TPSA) is 90.9 Å². The zero-order valence-electron chi connectivity index (χ0n) is 20.1. The van der Waals surface area contributed by atoms with Gasteiger partial charge in [0.25, 0.3) is 0 Å². The van der Waals surface area contributed by atoms with E-state index in [-0.39, 0.29) is 5.92 Å². The van der Waals surface area contributed by atoms with E-state index < -0.39 is 24.2 Å². The van der Waals surface area contributed by atoms with Gasteiger partial charge >= 0.3 is 5.97 Å². The van der Waals surface area contributed by atoms with Crippen LogP contribution < -0.4 is 15.2 Å². The molecule has 1 saturated carbocycles. The van der Waals surface area contributed by atoms with Crippen molar-refractivity contribution in [3.05, 3.63) is 35.9 Å². The summed E-state index contributed by atoms with van der Waals surface area (Å²) in [6, 6.07) is 4.92. The maximum atomic E-state index is 13.5. The van der Waals surface area contributed by atoms with Crippen LogP contribution in [0.25, 0.3) is 5.70 Å². The molecular formula is C27H38NO5-. The summed E-state index contributed by atoms with van der Waals surface area (Å²) < 4.78 is 12.2. The average molecular weight is 457 g/mol. The fraction of sp³-hybridized carbons (Fsp3) is 0.667. The maximum Gasteiger partial charge on any atom is 0.326 e. The summed E-state index contributed by atoms with van der Waals surface area (Å²) in [6.45, 7) is 10.9. The predicted octanol–water partition coefficient (Wildman–Crippen LogP) is 3.62. The van der Waals surface area contributed by atoms with E-state index in [0.29, 0.717) is 41.7 Å². The molecule has 33 heavy (non-hydrogen) atoms. The Kier molecular flexibility index (Phi) is 7.34. The molecule has 2 heterocycles. The Bertz CT molecular complexity index is 870. The number of fused-ring (bicyclic) bond motifs is 2. The van der Waals surface area contributed by atoms with Crippen molar-refractivity contribution in [3.8, 4) is 5.75 Å². The highest BCUT2D eigenvalue weighted by Crippen LogP contribution is 2.44. The number of nitrogens with one attached hydrogen (secondary N) is 1. The molecule has 6 nitrogen and oxygen atoms in total. The van der Waals surface area contributed by atoms with E-state index in [1.54, 1.807) is 0 Å². The Hall–Kier alpha value is -2.05. The molecule has 0 amide bonds. The van der Waals surface area contributed by atoms with Crippen molar-refractivity contribution < 1.29 is 24.5 Å². The third-order valence-electron chi connectivity index (χ3n) is 8.24. The van der Waals surface area contributed by atoms with Crippen molar-refractivity contribution in [2.45, 2.75) is 83.6 Å². The van der Waals surface area contributed by atoms with Gasteiger partial charge in [0, 0.05) is 17.7 Å². The second kappa shape index (κ2) is 10.1. The quantitative estimate of drug-likeness (QED) is 0.679. The second-order valence-corrected chi connectivity index (χ2v) is 10.4. The van der Waals surface area contributed by atoms with E-state index in [0.717, 1.165) is 30.6 Å². The monoisotopic (exact) mass is 456 g/mol. The molecule has 6 heteroatoms. The first-order valence-corrected chi connectivity index (χ1v) is 12.5. The molecule has 0 aromatic heterocycles. The van der Waals surface area contributed by atoms with Crippen LogP contribution in [-0.2, 0) is 16.0 Å². The summed E-state index contributed by atoms with van der Waals surface area (Å²) in [5.74, 6) is 1.27. The van der Waals surface area contributed by atoms with Crippen LogP contribution in [0, 0.1) is 23.7 Å². The number of carboxylic acids is 1. The summed E-state index contributed by atoms with van der Waals surface area (Å²) >= 11 is 0. The largest absolute Gasteiger partial charge is 0.849 e. The number of aliphatic carboxylic acids is 1. The molecule has 1 aromatic carbocycles. The Morgan fingerprint density at radius 2 is 2.06 bits per heavy atom. The standard InChI is InChI=1S/C27H38NO5/c1-15-8-9-19-6-5-7-22(24(19)14-32-15)16(2)26(29)18(4)33-21-11-10-20-12-25(27(30)31)28-17(3)23(20)13-21/h10-11,13,15-16,18-19,22,24-26,28H,3,5-9,12,14H2,1-2,4H3,(H,30,31)/q-1/t15?,16-,18-,19-,22+,24?,25+,26+/m1/s1. The molecular weight excluding hydrogens is 418 g/mol. The smallest absolute Gasteiger partial charge is 0.326 e. The Morgan fingerprint density at radius 1 is 1.27 bits per heavy atom. The van der Waals surface area contributed by atoms with Gasteiger partial charge < -0.3 is 25.0 Å². The van der Waals surface area contributed by atoms with Gasteiger partial charge in [-0.3, -0.25) is 0 Å². The Morgan fingerprint density at radius 3 is 2.82 bits per heavy atom. The summed E-state index contributed by atoms with van der Waals surface area (Å²) in [5, 5.41) is 25.7. The number of benzene rings is 1. The van der Waals surface area contributed by atoms with E-state index in [9.17, 15) is 15.0 Å². The lowest BCUT2D eigenvalue weighted by Gasteiger charge is -2.46. The molecule has 1 aliphatic carbocycles. The highest BCUT2D eigenvalue weighted by atomic mass is 16.5. The molecule has 0 bridgehead atoms. The van der Waals surface area contributed by atoms with Gasteiger partial charge in [0.05, 0.1) is 18.8 Å². The minimum Gasteiger partial charge on any atom is -0.849 e. The summed E-state index contributed by atoms with van der Waals surface area (Å²) in [4.78, 5) is 11.3. The van der Waals surface area contributed by atoms with Crippen LogP contribution in [0.1, 0.15) is 64.0 Å². The molecule has 182 valence electrons. The third kappa shape index (κ3) is 5.22. The first-order valence-electron chi connectivity index (χ1n) is 12.5. The first kappa shape index (κ1) is 24.1. The number of ether oxygens (including phenoxy) is 2. The average Bonchev–Trinajstić information content (AvgIpc) is 2.99. The predicted molar refractivity (Wildman–Crippen MR) is 126 cm³/mol. The summed E-state index contributed by atoms with van der Waals surface area (Å²) in [5.41, 5.74) is 2.35. The van der Waals surface area contributed by atoms with Gasteiger partial charge in [-0.25, -0.2) is 4.79 Å². The van der Waals surface area contributed by atoms with Gasteiger partial charge in [-0.1, -0.05) is 44.4 Å². The number of carbonyl (C=O) groups is 1. The van der Waals surface area contributed by atoms with Gasteiger partial charge in [0.15, 0.2) is 0 Å². The van der Waals surface area contributed by atoms with Crippen molar-refractivity contribution in [2.75, 3.05) is 6.61 Å². The highest BCUT2D eigenvalue weighted by Gasteiger charge is 2.39. The lowest BCUT2D eigenvalue weighted by Crippen LogP contribution is -2.50. The van der Waals surface area contributed by atoms with E-state index in [1.807, 2.05) is 25.1 Å². The molecule has 4 rings (SSSR count). The molecule has 0 radical (unpaired) electrons. The normalized spacial score (nSPS) is 32.4. The van der Waals surface area contributed by atoms with Gasteiger partial charge in [0.1, 0.15) is 11.8 Å². The van der Waals surface area contributed by atoms with Gasteiger partial charge in [-0.15, -0.1) is 0 Å². The first-order chi connectivity index (χ1) is 15.7. The zero-order chi connectivity index (χ0) is 23.7. The molecule has 8 atom stereocenters. The van der Waals surface area contributed by atoms with Gasteiger partial charge in [-0.2, -0.15) is 0 Å². The van der Waals surface area contributed by atoms with Crippen molar-refractivity contribution in [1.29, 1.82) is 0 Å². The van der Waals surface area contributed by atoms with Crippen molar-refractivity contribution in [2.24, 2.45) is 23.7 Å². The van der Waals surface area contributed by atoms with Crippen LogP contribution in [0.3, 0.4) is 0 Å². The molecule has 2 unspecified atom stereocenters. The lowest BCUT2D eigenvalue weighted by molar-refractivity contribution is -0.450. The number of rotatable bonds is 6. The van der Waals surface area contributed by atoms with Gasteiger partial charge in [-0.05, 0) is 68.6 Å². The molecule has 1 aromatic rings. The maximum absolute atomic E-state index is 13.5. The second-order valence-electron chi connectivity index (χ2n) is 10.4. The van der Waals surface area contributed by atoms with Crippen LogP contribution in [0.5, 0.6) is 5.75 Å². The summed E-state index contributed by atoms with van der Waals surface area (Å²) in [6.07, 6.45) is 5.29. The molecule has 2 N–H and O–H groups in total. The molecule has 0 spiro atoms. The Labute approximate surface area is 197 Å².